The molecule has 0 aliphatic heterocycles. The predicted molar refractivity (Wildman–Crippen MR) is 115 cm³/mol. The number of thiazole rings is 1. The molecule has 0 radical (unpaired) electrons. The molecule has 1 heterocycles. The van der Waals surface area contributed by atoms with Crippen LogP contribution in [0.1, 0.15) is 34.9 Å². The van der Waals surface area contributed by atoms with Gasteiger partial charge in [-0.3, -0.25) is 4.99 Å². The fourth-order valence-corrected chi connectivity index (χ4v) is 3.25. The van der Waals surface area contributed by atoms with Gasteiger partial charge in [-0.2, -0.15) is 0 Å². The van der Waals surface area contributed by atoms with E-state index in [1.165, 1.54) is 21.0 Å². The molecule has 0 aliphatic rings. The van der Waals surface area contributed by atoms with Gasteiger partial charge in [-0.05, 0) is 24.0 Å². The van der Waals surface area contributed by atoms with E-state index in [4.69, 9.17) is 0 Å². The number of benzene rings is 1. The highest BCUT2D eigenvalue weighted by Crippen LogP contribution is 2.13. The molecule has 2 aromatic rings. The van der Waals surface area contributed by atoms with Crippen LogP contribution in [0.25, 0.3) is 0 Å². The lowest BCUT2D eigenvalue weighted by molar-refractivity contribution is 0.787. The largest absolute Gasteiger partial charge is 0.356 e. The van der Waals surface area contributed by atoms with Crippen LogP contribution in [0.15, 0.2) is 35.5 Å². The van der Waals surface area contributed by atoms with Crippen LogP contribution in [0.3, 0.4) is 0 Å². The van der Waals surface area contributed by atoms with Crippen LogP contribution in [0.5, 0.6) is 0 Å². The Balaban J connectivity index is 0.00000288. The normalized spacial score (nSPS) is 11.0. The first-order chi connectivity index (χ1) is 11.3. The van der Waals surface area contributed by atoms with Gasteiger partial charge in [0.15, 0.2) is 5.96 Å². The fraction of sp³-hybridized carbons (Fsp3) is 0.444. The Hall–Kier alpha value is -1.15. The van der Waals surface area contributed by atoms with Gasteiger partial charge in [0.05, 0.1) is 5.01 Å². The van der Waals surface area contributed by atoms with Gasteiger partial charge in [0.2, 0.25) is 0 Å². The molecule has 24 heavy (non-hydrogen) atoms. The summed E-state index contributed by atoms with van der Waals surface area (Å²) in [6, 6.07) is 8.52. The molecule has 0 atom stereocenters. The number of hydrogen-bond acceptors (Lipinski definition) is 3. The molecule has 0 saturated carbocycles. The Morgan fingerprint density at radius 2 is 1.88 bits per heavy atom. The summed E-state index contributed by atoms with van der Waals surface area (Å²) in [5, 5.41) is 7.93. The van der Waals surface area contributed by atoms with Crippen LogP contribution in [0.4, 0.5) is 0 Å². The fourth-order valence-electron chi connectivity index (χ4n) is 2.39. The molecule has 4 nitrogen and oxygen atoms in total. The van der Waals surface area contributed by atoms with Crippen LogP contribution in [-0.4, -0.2) is 24.5 Å². The third-order valence-corrected chi connectivity index (χ3v) is 4.95. The van der Waals surface area contributed by atoms with E-state index in [0.717, 1.165) is 38.3 Å². The van der Waals surface area contributed by atoms with E-state index in [-0.39, 0.29) is 24.0 Å². The van der Waals surface area contributed by atoms with Gasteiger partial charge in [-0.15, -0.1) is 35.3 Å². The molecular weight excluding hydrogens is 431 g/mol. The van der Waals surface area contributed by atoms with Crippen molar-refractivity contribution in [3.8, 4) is 0 Å². The second-order valence-corrected chi connectivity index (χ2v) is 6.50. The van der Waals surface area contributed by atoms with Gasteiger partial charge in [-0.25, -0.2) is 4.98 Å². The molecule has 1 aromatic heterocycles. The zero-order valence-corrected chi connectivity index (χ0v) is 17.8. The number of aromatic nitrogens is 1. The van der Waals surface area contributed by atoms with Gasteiger partial charge >= 0.3 is 0 Å². The minimum absolute atomic E-state index is 0. The number of hydrogen-bond donors (Lipinski definition) is 2. The van der Waals surface area contributed by atoms with E-state index in [1.807, 2.05) is 6.20 Å². The zero-order chi connectivity index (χ0) is 16.5. The average Bonchev–Trinajstić information content (AvgIpc) is 3.06. The molecule has 0 aliphatic carbocycles. The van der Waals surface area contributed by atoms with Crippen molar-refractivity contribution in [3.63, 3.8) is 0 Å². The maximum Gasteiger partial charge on any atom is 0.191 e. The Bertz CT molecular complexity index is 639. The van der Waals surface area contributed by atoms with Crippen LogP contribution < -0.4 is 10.6 Å². The summed E-state index contributed by atoms with van der Waals surface area (Å²) in [4.78, 5) is 10.1. The van der Waals surface area contributed by atoms with Gasteiger partial charge < -0.3 is 10.6 Å². The summed E-state index contributed by atoms with van der Waals surface area (Å²) < 4.78 is 0. The minimum Gasteiger partial charge on any atom is -0.356 e. The van der Waals surface area contributed by atoms with E-state index in [0.29, 0.717) is 0 Å². The Labute approximate surface area is 166 Å². The SMILES string of the molecule is CCc1cnc(CCNC(=NC)NCc2ccccc2CC)s1.I. The van der Waals surface area contributed by atoms with Crippen molar-refractivity contribution in [1.29, 1.82) is 0 Å². The van der Waals surface area contributed by atoms with E-state index in [1.54, 1.807) is 18.4 Å². The summed E-state index contributed by atoms with van der Waals surface area (Å²) in [5.41, 5.74) is 2.70. The summed E-state index contributed by atoms with van der Waals surface area (Å²) in [7, 11) is 1.81. The number of aliphatic imine (C=N–C) groups is 1. The van der Waals surface area contributed by atoms with E-state index >= 15 is 0 Å². The second kappa shape index (κ2) is 11.4. The highest BCUT2D eigenvalue weighted by molar-refractivity contribution is 14.0. The van der Waals surface area contributed by atoms with E-state index in [9.17, 15) is 0 Å². The third-order valence-electron chi connectivity index (χ3n) is 3.75. The number of rotatable bonds is 7. The number of halogens is 1. The Morgan fingerprint density at radius 1 is 1.12 bits per heavy atom. The van der Waals surface area contributed by atoms with Crippen LogP contribution in [0.2, 0.25) is 0 Å². The number of guanidine groups is 1. The molecule has 0 bridgehead atoms. The maximum absolute atomic E-state index is 4.44. The molecular formula is C18H27IN4S. The van der Waals surface area contributed by atoms with Gasteiger partial charge in [0, 0.05) is 37.6 Å². The number of nitrogens with one attached hydrogen (secondary N) is 2. The highest BCUT2D eigenvalue weighted by Gasteiger charge is 2.03. The van der Waals surface area contributed by atoms with Crippen LogP contribution >= 0.6 is 35.3 Å². The molecule has 2 rings (SSSR count). The Kier molecular flexibility index (Phi) is 9.94. The first kappa shape index (κ1) is 20.9. The average molecular weight is 458 g/mol. The maximum atomic E-state index is 4.44. The van der Waals surface area contributed by atoms with Gasteiger partial charge in [0.25, 0.3) is 0 Å². The van der Waals surface area contributed by atoms with Crippen LogP contribution in [-0.2, 0) is 25.8 Å². The van der Waals surface area contributed by atoms with Crippen molar-refractivity contribution >= 4 is 41.3 Å². The third kappa shape index (κ3) is 6.39. The predicted octanol–water partition coefficient (Wildman–Crippen LogP) is 3.79. The molecule has 0 fully saturated rings. The smallest absolute Gasteiger partial charge is 0.191 e. The summed E-state index contributed by atoms with van der Waals surface area (Å²) in [5.74, 6) is 0.836. The quantitative estimate of drug-likeness (QED) is 0.377. The van der Waals surface area contributed by atoms with E-state index in [2.05, 4.69) is 58.7 Å². The lowest BCUT2D eigenvalue weighted by Gasteiger charge is -2.13. The zero-order valence-electron chi connectivity index (χ0n) is 14.6. The molecule has 0 saturated heterocycles. The summed E-state index contributed by atoms with van der Waals surface area (Å²) >= 11 is 1.80. The highest BCUT2D eigenvalue weighted by atomic mass is 127. The van der Waals surface area contributed by atoms with E-state index < -0.39 is 0 Å². The molecule has 1 aromatic carbocycles. The topological polar surface area (TPSA) is 49.3 Å². The summed E-state index contributed by atoms with van der Waals surface area (Å²) in [6.07, 6.45) is 5.02. The van der Waals surface area contributed by atoms with Crippen molar-refractivity contribution < 1.29 is 0 Å². The standard InChI is InChI=1S/C18H26N4S.HI/c1-4-14-8-6-7-9-15(14)12-22-18(19-3)20-11-10-17-21-13-16(5-2)23-17;/h6-9,13H,4-5,10-12H2,1-3H3,(H2,19,20,22);1H. The number of nitrogens with zero attached hydrogens (tertiary/aromatic N) is 2. The Morgan fingerprint density at radius 3 is 2.50 bits per heavy atom. The van der Waals surface area contributed by atoms with Crippen molar-refractivity contribution in [2.45, 2.75) is 39.7 Å². The van der Waals surface area contributed by atoms with Crippen molar-refractivity contribution in [2.75, 3.05) is 13.6 Å². The minimum atomic E-state index is 0. The monoisotopic (exact) mass is 458 g/mol. The second-order valence-electron chi connectivity index (χ2n) is 5.30. The molecule has 0 spiro atoms. The van der Waals surface area contributed by atoms with Crippen molar-refractivity contribution in [2.24, 2.45) is 4.99 Å². The van der Waals surface area contributed by atoms with Crippen LogP contribution in [0, 0.1) is 0 Å². The molecule has 132 valence electrons. The molecule has 0 amide bonds. The lowest BCUT2D eigenvalue weighted by atomic mass is 10.1. The van der Waals surface area contributed by atoms with Gasteiger partial charge in [-0.1, -0.05) is 38.1 Å². The molecule has 0 unspecified atom stereocenters. The number of aryl methyl sites for hydroxylation is 2. The first-order valence-corrected chi connectivity index (χ1v) is 9.03. The molecule has 2 N–H and O–H groups in total. The molecule has 6 heteroatoms. The van der Waals surface area contributed by atoms with Crippen molar-refractivity contribution in [1.82, 2.24) is 15.6 Å². The first-order valence-electron chi connectivity index (χ1n) is 8.21. The van der Waals surface area contributed by atoms with Crippen molar-refractivity contribution in [3.05, 3.63) is 51.5 Å². The summed E-state index contributed by atoms with van der Waals surface area (Å²) in [6.45, 7) is 5.98. The lowest BCUT2D eigenvalue weighted by Crippen LogP contribution is -2.38. The van der Waals surface area contributed by atoms with Gasteiger partial charge in [0.1, 0.15) is 0 Å².